The molecule has 0 spiro atoms. The Balaban J connectivity index is 1.74. The van der Waals surface area contributed by atoms with Gasteiger partial charge in [0.1, 0.15) is 11.5 Å². The van der Waals surface area contributed by atoms with E-state index in [4.69, 9.17) is 0 Å². The van der Waals surface area contributed by atoms with Gasteiger partial charge < -0.3 is 10.2 Å². The van der Waals surface area contributed by atoms with Gasteiger partial charge in [-0.1, -0.05) is 18.2 Å². The van der Waals surface area contributed by atoms with Crippen molar-refractivity contribution in [1.29, 1.82) is 0 Å². The van der Waals surface area contributed by atoms with Crippen LogP contribution in [0.25, 0.3) is 0 Å². The quantitative estimate of drug-likeness (QED) is 0.624. The number of aromatic nitrogens is 1. The van der Waals surface area contributed by atoms with E-state index in [2.05, 4.69) is 15.0 Å². The number of pyridine rings is 1. The third kappa shape index (κ3) is 6.37. The number of alkyl halides is 3. The lowest BCUT2D eigenvalue weighted by Gasteiger charge is -2.22. The van der Waals surface area contributed by atoms with Gasteiger partial charge >= 0.3 is 6.18 Å². The fourth-order valence-corrected chi connectivity index (χ4v) is 4.36. The maximum absolute atomic E-state index is 13.2. The zero-order valence-electron chi connectivity index (χ0n) is 18.7. The molecule has 7 nitrogen and oxygen atoms in total. The number of nitrogens with one attached hydrogen (secondary N) is 2. The lowest BCUT2D eigenvalue weighted by Crippen LogP contribution is -2.29. The number of amides is 1. The Bertz CT molecular complexity index is 1130. The second-order valence-corrected chi connectivity index (χ2v) is 10.0. The largest absolute Gasteiger partial charge is 0.433 e. The number of aryl methyl sites for hydroxylation is 1. The Morgan fingerprint density at radius 3 is 2.42 bits per heavy atom. The summed E-state index contributed by atoms with van der Waals surface area (Å²) in [4.78, 5) is 18.4. The van der Waals surface area contributed by atoms with Crippen LogP contribution in [0.5, 0.6) is 0 Å². The second-order valence-electron chi connectivity index (χ2n) is 8.26. The molecule has 1 aliphatic heterocycles. The number of carbonyl (C=O) groups is 1. The molecule has 1 saturated heterocycles. The SMILES string of the molecule is Cc1cc(C(C)C(=O)NCc2ccc(C(F)(F)F)nc2N2CCCC2)ccc1NS(C)(=O)=O. The zero-order valence-corrected chi connectivity index (χ0v) is 19.5. The molecule has 1 amide bonds. The van der Waals surface area contributed by atoms with E-state index in [1.54, 1.807) is 32.0 Å². The molecule has 0 aliphatic carbocycles. The molecule has 1 aromatic heterocycles. The Morgan fingerprint density at radius 2 is 1.85 bits per heavy atom. The summed E-state index contributed by atoms with van der Waals surface area (Å²) in [6.45, 7) is 4.74. The topological polar surface area (TPSA) is 91.4 Å². The highest BCUT2D eigenvalue weighted by molar-refractivity contribution is 7.92. The van der Waals surface area contributed by atoms with Gasteiger partial charge in [-0.05, 0) is 49.9 Å². The summed E-state index contributed by atoms with van der Waals surface area (Å²) in [5.74, 6) is -0.596. The smallest absolute Gasteiger partial charge is 0.356 e. The molecule has 1 aliphatic rings. The predicted octanol–water partition coefficient (Wildman–Crippen LogP) is 3.80. The zero-order chi connectivity index (χ0) is 24.4. The molecule has 0 bridgehead atoms. The number of anilines is 2. The van der Waals surface area contributed by atoms with E-state index in [0.717, 1.165) is 25.2 Å². The van der Waals surface area contributed by atoms with Crippen molar-refractivity contribution in [2.24, 2.45) is 0 Å². The van der Waals surface area contributed by atoms with Crippen LogP contribution in [-0.4, -0.2) is 38.7 Å². The van der Waals surface area contributed by atoms with Crippen molar-refractivity contribution >= 4 is 27.4 Å². The Hall–Kier alpha value is -2.82. The number of sulfonamides is 1. The van der Waals surface area contributed by atoms with Gasteiger partial charge in [-0.15, -0.1) is 0 Å². The third-order valence-corrected chi connectivity index (χ3v) is 6.13. The average Bonchev–Trinajstić information content (AvgIpc) is 3.26. The van der Waals surface area contributed by atoms with Crippen molar-refractivity contribution in [3.8, 4) is 0 Å². The van der Waals surface area contributed by atoms with Crippen LogP contribution < -0.4 is 14.9 Å². The summed E-state index contributed by atoms with van der Waals surface area (Å²) < 4.78 is 64.8. The first-order valence-corrected chi connectivity index (χ1v) is 12.4. The molecule has 1 atom stereocenters. The molecule has 11 heteroatoms. The van der Waals surface area contributed by atoms with Crippen LogP contribution in [0.2, 0.25) is 0 Å². The number of hydrogen-bond donors (Lipinski definition) is 2. The Labute approximate surface area is 191 Å². The van der Waals surface area contributed by atoms with Crippen molar-refractivity contribution in [3.63, 3.8) is 0 Å². The van der Waals surface area contributed by atoms with Crippen molar-refractivity contribution in [2.75, 3.05) is 29.0 Å². The molecular formula is C22H27F3N4O3S. The maximum atomic E-state index is 13.2. The number of halogens is 3. The van der Waals surface area contributed by atoms with Crippen molar-refractivity contribution in [1.82, 2.24) is 10.3 Å². The van der Waals surface area contributed by atoms with Gasteiger partial charge in [-0.3, -0.25) is 9.52 Å². The minimum Gasteiger partial charge on any atom is -0.356 e. The van der Waals surface area contributed by atoms with E-state index in [9.17, 15) is 26.4 Å². The van der Waals surface area contributed by atoms with Gasteiger partial charge in [-0.2, -0.15) is 13.2 Å². The second kappa shape index (κ2) is 9.58. The van der Waals surface area contributed by atoms with E-state index < -0.39 is 27.8 Å². The summed E-state index contributed by atoms with van der Waals surface area (Å²) in [6.07, 6.45) is -1.72. The third-order valence-electron chi connectivity index (χ3n) is 5.54. The Morgan fingerprint density at radius 1 is 1.18 bits per heavy atom. The first kappa shape index (κ1) is 24.8. The fourth-order valence-electron chi connectivity index (χ4n) is 3.73. The van der Waals surface area contributed by atoms with Crippen molar-refractivity contribution in [2.45, 2.75) is 45.3 Å². The van der Waals surface area contributed by atoms with Gasteiger partial charge in [0.25, 0.3) is 0 Å². The minimum absolute atomic E-state index is 0.0485. The van der Waals surface area contributed by atoms with E-state index in [-0.39, 0.29) is 18.3 Å². The van der Waals surface area contributed by atoms with Crippen LogP contribution in [0.1, 0.15) is 48.1 Å². The Kier molecular flexibility index (Phi) is 7.20. The highest BCUT2D eigenvalue weighted by Crippen LogP contribution is 2.32. The van der Waals surface area contributed by atoms with Gasteiger partial charge in [0.05, 0.1) is 17.9 Å². The van der Waals surface area contributed by atoms with E-state index in [1.165, 1.54) is 6.07 Å². The number of carbonyl (C=O) groups excluding carboxylic acids is 1. The molecule has 2 N–H and O–H groups in total. The number of benzene rings is 1. The number of rotatable bonds is 7. The highest BCUT2D eigenvalue weighted by Gasteiger charge is 2.34. The standard InChI is InChI=1S/C22H27F3N4O3S/c1-14-12-16(6-8-18(14)28-33(3,31)32)15(2)21(30)26-13-17-7-9-19(22(23,24)25)27-20(17)29-10-4-5-11-29/h6-9,12,15,28H,4-5,10-11,13H2,1-3H3,(H,26,30). The number of hydrogen-bond acceptors (Lipinski definition) is 5. The van der Waals surface area contributed by atoms with Crippen LogP contribution >= 0.6 is 0 Å². The van der Waals surface area contributed by atoms with Gasteiger partial charge in [-0.25, -0.2) is 13.4 Å². The monoisotopic (exact) mass is 484 g/mol. The van der Waals surface area contributed by atoms with Gasteiger partial charge in [0.2, 0.25) is 15.9 Å². The average molecular weight is 485 g/mol. The lowest BCUT2D eigenvalue weighted by atomic mass is 9.97. The van der Waals surface area contributed by atoms with Crippen LogP contribution in [0.15, 0.2) is 30.3 Å². The van der Waals surface area contributed by atoms with Crippen LogP contribution in [0, 0.1) is 6.92 Å². The summed E-state index contributed by atoms with van der Waals surface area (Å²) in [7, 11) is -3.42. The molecule has 1 aromatic carbocycles. The van der Waals surface area contributed by atoms with E-state index in [0.29, 0.717) is 35.5 Å². The first-order chi connectivity index (χ1) is 15.3. The van der Waals surface area contributed by atoms with Crippen LogP contribution in [0.4, 0.5) is 24.7 Å². The van der Waals surface area contributed by atoms with Gasteiger partial charge in [0, 0.05) is 25.2 Å². The molecule has 2 heterocycles. The highest BCUT2D eigenvalue weighted by atomic mass is 32.2. The molecule has 33 heavy (non-hydrogen) atoms. The molecule has 1 unspecified atom stereocenters. The minimum atomic E-state index is -4.54. The predicted molar refractivity (Wildman–Crippen MR) is 121 cm³/mol. The summed E-state index contributed by atoms with van der Waals surface area (Å²) in [6, 6.07) is 7.29. The molecule has 1 fully saturated rings. The van der Waals surface area contributed by atoms with Crippen LogP contribution in [-0.2, 0) is 27.5 Å². The molecule has 3 rings (SSSR count). The van der Waals surface area contributed by atoms with Gasteiger partial charge in [0.15, 0.2) is 0 Å². The maximum Gasteiger partial charge on any atom is 0.433 e. The van der Waals surface area contributed by atoms with E-state index >= 15 is 0 Å². The molecule has 0 radical (unpaired) electrons. The molecular weight excluding hydrogens is 457 g/mol. The summed E-state index contributed by atoms with van der Waals surface area (Å²) >= 11 is 0. The lowest BCUT2D eigenvalue weighted by molar-refractivity contribution is -0.141. The van der Waals surface area contributed by atoms with Crippen molar-refractivity contribution < 1.29 is 26.4 Å². The van der Waals surface area contributed by atoms with Crippen molar-refractivity contribution in [3.05, 3.63) is 52.7 Å². The van der Waals surface area contributed by atoms with Crippen LogP contribution in [0.3, 0.4) is 0 Å². The molecule has 2 aromatic rings. The summed E-state index contributed by atoms with van der Waals surface area (Å²) in [5, 5.41) is 2.79. The normalized spacial score (nSPS) is 15.4. The molecule has 0 saturated carbocycles. The first-order valence-electron chi connectivity index (χ1n) is 10.5. The molecule has 180 valence electrons. The summed E-state index contributed by atoms with van der Waals surface area (Å²) in [5.41, 5.74) is 1.36. The van der Waals surface area contributed by atoms with E-state index in [1.807, 2.05) is 4.90 Å². The fraction of sp³-hybridized carbons (Fsp3) is 0.455. The number of nitrogens with zero attached hydrogens (tertiary/aromatic N) is 2.